The van der Waals surface area contributed by atoms with E-state index in [1.807, 2.05) is 0 Å². The zero-order valence-corrected chi connectivity index (χ0v) is 18.4. The molecule has 2 rings (SSSR count). The summed E-state index contributed by atoms with van der Waals surface area (Å²) in [7, 11) is 0. The van der Waals surface area contributed by atoms with E-state index in [1.165, 1.54) is 0 Å². The molecule has 0 spiro atoms. The van der Waals surface area contributed by atoms with Gasteiger partial charge in [0.2, 0.25) is 0 Å². The molecule has 0 aromatic heterocycles. The lowest BCUT2D eigenvalue weighted by molar-refractivity contribution is -0.376. The lowest BCUT2D eigenvalue weighted by Crippen LogP contribution is -2.63. The summed E-state index contributed by atoms with van der Waals surface area (Å²) in [6.45, 7) is -1.33. The first-order valence-corrected chi connectivity index (χ1v) is 10.3. The Bertz CT molecular complexity index is 692. The fraction of sp³-hybridized carbons (Fsp3) is 0.833. The van der Waals surface area contributed by atoms with E-state index < -0.39 is 111 Å². The fourth-order valence-corrected chi connectivity index (χ4v) is 3.21. The van der Waals surface area contributed by atoms with Gasteiger partial charge in [0.15, 0.2) is 18.2 Å². The van der Waals surface area contributed by atoms with Crippen LogP contribution >= 0.6 is 0 Å². The Kier molecular flexibility index (Phi) is 12.0. The van der Waals surface area contributed by atoms with Crippen molar-refractivity contribution in [3.05, 3.63) is 0 Å². The maximum absolute atomic E-state index is 10.3. The van der Waals surface area contributed by atoms with Crippen LogP contribution in [0.4, 0.5) is 0 Å². The van der Waals surface area contributed by atoms with Crippen molar-refractivity contribution in [1.29, 1.82) is 0 Å². The van der Waals surface area contributed by atoms with Crippen molar-refractivity contribution in [3.8, 4) is 0 Å². The van der Waals surface area contributed by atoms with Crippen LogP contribution in [0.2, 0.25) is 0 Å². The van der Waals surface area contributed by atoms with Crippen LogP contribution in [0.1, 0.15) is 12.8 Å². The molecule has 2 fully saturated rings. The van der Waals surface area contributed by atoms with Gasteiger partial charge in [0.25, 0.3) is 0 Å². The van der Waals surface area contributed by atoms with Crippen LogP contribution in [0.15, 0.2) is 0 Å². The average Bonchev–Trinajstić information content (AvgIpc) is 2.78. The van der Waals surface area contributed by atoms with Crippen molar-refractivity contribution >= 4 is 17.9 Å². The van der Waals surface area contributed by atoms with E-state index in [0.717, 1.165) is 0 Å². The highest BCUT2D eigenvalue weighted by molar-refractivity contribution is 5.88. The van der Waals surface area contributed by atoms with Crippen LogP contribution in [0, 0.1) is 0 Å². The molecule has 210 valence electrons. The zero-order valence-electron chi connectivity index (χ0n) is 18.4. The molecule has 0 saturated carbocycles. The van der Waals surface area contributed by atoms with Gasteiger partial charge in [0.1, 0.15) is 48.8 Å². The Morgan fingerprint density at radius 3 is 1.22 bits per heavy atom. The molecule has 36 heavy (non-hydrogen) atoms. The third-order valence-corrected chi connectivity index (χ3v) is 5.25. The average molecular weight is 534 g/mol. The van der Waals surface area contributed by atoms with E-state index >= 15 is 0 Å². The first-order chi connectivity index (χ1) is 16.6. The maximum atomic E-state index is 10.3. The van der Waals surface area contributed by atoms with E-state index in [9.17, 15) is 45.0 Å². The number of hydrogen-bond acceptors (Lipinski definition) is 15. The quantitative estimate of drug-likeness (QED) is 0.131. The van der Waals surface area contributed by atoms with Gasteiger partial charge in [-0.3, -0.25) is 9.59 Å². The van der Waals surface area contributed by atoms with Crippen LogP contribution < -0.4 is 0 Å². The first-order valence-electron chi connectivity index (χ1n) is 10.3. The Labute approximate surface area is 201 Å². The predicted octanol–water partition coefficient (Wildman–Crippen LogP) is -6.65. The number of carbonyl (C=O) groups is 3. The highest BCUT2D eigenvalue weighted by Crippen LogP contribution is 2.27. The summed E-state index contributed by atoms with van der Waals surface area (Å²) in [5.74, 6) is -5.02. The molecule has 0 unspecified atom stereocenters. The van der Waals surface area contributed by atoms with Crippen molar-refractivity contribution in [2.24, 2.45) is 0 Å². The van der Waals surface area contributed by atoms with E-state index in [0.29, 0.717) is 0 Å². The van der Waals surface area contributed by atoms with Gasteiger partial charge in [-0.05, 0) is 0 Å². The van der Waals surface area contributed by atoms with E-state index in [4.69, 9.17) is 44.8 Å². The molecule has 10 atom stereocenters. The molecule has 0 aromatic carbocycles. The number of carboxylic acid groups (broad SMARTS) is 3. The van der Waals surface area contributed by atoms with Crippen LogP contribution in [0.5, 0.6) is 0 Å². The Morgan fingerprint density at radius 2 is 0.972 bits per heavy atom. The summed E-state index contributed by atoms with van der Waals surface area (Å²) in [5, 5.41) is 110. The molecule has 0 bridgehead atoms. The van der Waals surface area contributed by atoms with Gasteiger partial charge in [0.05, 0.1) is 26.1 Å². The zero-order chi connectivity index (χ0) is 28.0. The van der Waals surface area contributed by atoms with Gasteiger partial charge < -0.3 is 75.5 Å². The Balaban J connectivity index is 0.000000426. The Hall–Kier alpha value is -2.07. The van der Waals surface area contributed by atoms with Gasteiger partial charge in [-0.2, -0.15) is 0 Å². The largest absolute Gasteiger partial charge is 0.481 e. The summed E-state index contributed by atoms with van der Waals surface area (Å²) < 4.78 is 15.3. The number of aliphatic hydroxyl groups is 9. The Morgan fingerprint density at radius 1 is 0.639 bits per heavy atom. The van der Waals surface area contributed by atoms with Gasteiger partial charge in [-0.25, -0.2) is 4.79 Å². The van der Waals surface area contributed by atoms with E-state index in [2.05, 4.69) is 0 Å². The summed E-state index contributed by atoms with van der Waals surface area (Å²) >= 11 is 0. The minimum Gasteiger partial charge on any atom is -0.481 e. The topological polar surface area (TPSA) is 322 Å². The second kappa shape index (κ2) is 13.5. The SMILES string of the molecule is O=C(O)CC(O)(CC(=O)O)C(=O)O.OC[C@H]1O[C@H](O[C@H]2O[C@H](CO)[C@@H](O)[C@H](O)[C@H]2O)[C@H](O)[C@@H](O)[C@@H]1O. The number of aliphatic carboxylic acids is 3. The molecule has 18 nitrogen and oxygen atoms in total. The smallest absolute Gasteiger partial charge is 0.336 e. The fourth-order valence-electron chi connectivity index (χ4n) is 3.21. The van der Waals surface area contributed by atoms with Crippen molar-refractivity contribution < 1.29 is 89.9 Å². The summed E-state index contributed by atoms with van der Waals surface area (Å²) in [5.41, 5.74) is -2.74. The highest BCUT2D eigenvalue weighted by Gasteiger charge is 2.49. The van der Waals surface area contributed by atoms with E-state index in [-0.39, 0.29) is 0 Å². The molecular formula is C18H30O18. The lowest BCUT2D eigenvalue weighted by atomic mass is 9.96. The molecule has 18 heteroatoms. The van der Waals surface area contributed by atoms with Gasteiger partial charge >= 0.3 is 17.9 Å². The maximum Gasteiger partial charge on any atom is 0.336 e. The first kappa shape index (κ1) is 32.0. The number of ether oxygens (including phenoxy) is 3. The van der Waals surface area contributed by atoms with Crippen LogP contribution in [-0.4, -0.2) is 159 Å². The molecule has 2 saturated heterocycles. The van der Waals surface area contributed by atoms with Crippen LogP contribution in [0.3, 0.4) is 0 Å². The molecule has 12 N–H and O–H groups in total. The van der Waals surface area contributed by atoms with Crippen LogP contribution in [-0.2, 0) is 28.6 Å². The van der Waals surface area contributed by atoms with Crippen LogP contribution in [0.25, 0.3) is 0 Å². The number of carboxylic acids is 3. The molecular weight excluding hydrogens is 504 g/mol. The molecule has 0 aromatic rings. The van der Waals surface area contributed by atoms with Crippen molar-refractivity contribution in [2.75, 3.05) is 13.2 Å². The normalized spacial score (nSPS) is 36.9. The summed E-state index contributed by atoms with van der Waals surface area (Å²) in [4.78, 5) is 30.5. The molecule has 2 heterocycles. The standard InChI is InChI=1S/C12H22O11.C6H8O7/c13-1-3-5(15)7(17)9(19)11(21-3)23-12-10(20)8(18)6(16)4(2-14)22-12;7-3(8)1-6(13,5(11)12)2-4(9)10/h3-20H,1-2H2;13H,1-2H2,(H,7,8)(H,9,10)(H,11,12)/t3-,4-,5-,6-,7+,8+,9-,10-,11-,12-;/m1./s1. The second-order valence-electron chi connectivity index (χ2n) is 8.01. The molecule has 2 aliphatic heterocycles. The summed E-state index contributed by atoms with van der Waals surface area (Å²) in [6.07, 6.45) is -17.9. The number of hydrogen-bond donors (Lipinski definition) is 12. The minimum atomic E-state index is -2.74. The van der Waals surface area contributed by atoms with Gasteiger partial charge in [0, 0.05) is 0 Å². The minimum absolute atomic E-state index is 0.667. The van der Waals surface area contributed by atoms with Crippen molar-refractivity contribution in [3.63, 3.8) is 0 Å². The molecule has 0 amide bonds. The van der Waals surface area contributed by atoms with Gasteiger partial charge in [-0.1, -0.05) is 0 Å². The van der Waals surface area contributed by atoms with E-state index in [1.54, 1.807) is 0 Å². The number of aliphatic hydroxyl groups excluding tert-OH is 8. The van der Waals surface area contributed by atoms with Gasteiger partial charge in [-0.15, -0.1) is 0 Å². The second-order valence-corrected chi connectivity index (χ2v) is 8.01. The molecule has 0 aliphatic carbocycles. The third-order valence-electron chi connectivity index (χ3n) is 5.25. The molecule has 0 radical (unpaired) electrons. The summed E-state index contributed by atoms with van der Waals surface area (Å²) in [6, 6.07) is 0. The van der Waals surface area contributed by atoms with Crippen molar-refractivity contribution in [1.82, 2.24) is 0 Å². The predicted molar refractivity (Wildman–Crippen MR) is 106 cm³/mol. The molecule has 2 aliphatic rings. The lowest BCUT2D eigenvalue weighted by Gasteiger charge is -2.44. The monoisotopic (exact) mass is 534 g/mol. The third kappa shape index (κ3) is 7.96. The van der Waals surface area contributed by atoms with Crippen molar-refractivity contribution in [2.45, 2.75) is 79.9 Å². The highest BCUT2D eigenvalue weighted by atomic mass is 16.8. The number of rotatable bonds is 9.